The summed E-state index contributed by atoms with van der Waals surface area (Å²) in [5, 5.41) is 11.9. The molecule has 1 aliphatic rings. The molecule has 0 saturated heterocycles. The first-order valence-electron chi connectivity index (χ1n) is 7.66. The van der Waals surface area contributed by atoms with Gasteiger partial charge in [0.05, 0.1) is 0 Å². The number of carbonyl (C=O) groups is 1. The fraction of sp³-hybridized carbons (Fsp3) is 0.263. The van der Waals surface area contributed by atoms with Crippen LogP contribution in [0.4, 0.5) is 5.69 Å². The Morgan fingerprint density at radius 1 is 1.30 bits per heavy atom. The predicted octanol–water partition coefficient (Wildman–Crippen LogP) is 4.26. The Hall–Kier alpha value is -2.80. The standard InChI is InChI=1S/C19H18N2O2/c1-12-3-5-15(6-4-12)21-19(22)14(11-20)10-16-7-8-18(23-16)17-9-13(17)2/h3-8,10,13,17H,9H2,1-2H3,(H,21,22)/b14-10+/t13-,17+/m0/s1. The molecule has 1 aliphatic carbocycles. The van der Waals surface area contributed by atoms with Gasteiger partial charge >= 0.3 is 0 Å². The first-order chi connectivity index (χ1) is 11.1. The number of carbonyl (C=O) groups excluding carboxylic acids is 1. The van der Waals surface area contributed by atoms with E-state index in [2.05, 4.69) is 12.2 Å². The minimum atomic E-state index is -0.436. The summed E-state index contributed by atoms with van der Waals surface area (Å²) in [6, 6.07) is 13.1. The summed E-state index contributed by atoms with van der Waals surface area (Å²) in [7, 11) is 0. The Morgan fingerprint density at radius 3 is 2.61 bits per heavy atom. The second-order valence-corrected chi connectivity index (χ2v) is 6.05. The zero-order valence-corrected chi connectivity index (χ0v) is 13.2. The van der Waals surface area contributed by atoms with Crippen LogP contribution >= 0.6 is 0 Å². The van der Waals surface area contributed by atoms with Crippen molar-refractivity contribution in [2.45, 2.75) is 26.2 Å². The molecule has 4 nitrogen and oxygen atoms in total. The highest BCUT2D eigenvalue weighted by molar-refractivity contribution is 6.09. The molecule has 4 heteroatoms. The number of amides is 1. The lowest BCUT2D eigenvalue weighted by molar-refractivity contribution is -0.112. The van der Waals surface area contributed by atoms with Crippen molar-refractivity contribution in [3.63, 3.8) is 0 Å². The van der Waals surface area contributed by atoms with Crippen LogP contribution in [-0.2, 0) is 4.79 Å². The van der Waals surface area contributed by atoms with Gasteiger partial charge in [-0.15, -0.1) is 0 Å². The van der Waals surface area contributed by atoms with Gasteiger partial charge in [-0.05, 0) is 43.5 Å². The normalized spacial score (nSPS) is 20.0. The maximum Gasteiger partial charge on any atom is 0.266 e. The Bertz CT molecular complexity index is 794. The van der Waals surface area contributed by atoms with E-state index in [0.717, 1.165) is 17.7 Å². The number of furan rings is 1. The lowest BCUT2D eigenvalue weighted by Crippen LogP contribution is -2.13. The van der Waals surface area contributed by atoms with Crippen LogP contribution in [0.2, 0.25) is 0 Å². The number of hydrogen-bond donors (Lipinski definition) is 1. The minimum absolute atomic E-state index is 0.0234. The van der Waals surface area contributed by atoms with Gasteiger partial charge in [-0.25, -0.2) is 0 Å². The largest absolute Gasteiger partial charge is 0.461 e. The molecule has 1 N–H and O–H groups in total. The zero-order valence-electron chi connectivity index (χ0n) is 13.2. The monoisotopic (exact) mass is 306 g/mol. The molecular formula is C19H18N2O2. The third-order valence-corrected chi connectivity index (χ3v) is 4.08. The second kappa shape index (κ2) is 6.13. The molecule has 0 aliphatic heterocycles. The Balaban J connectivity index is 1.73. The first-order valence-corrected chi connectivity index (χ1v) is 7.66. The van der Waals surface area contributed by atoms with E-state index < -0.39 is 5.91 Å². The summed E-state index contributed by atoms with van der Waals surface area (Å²) in [6.07, 6.45) is 2.62. The van der Waals surface area contributed by atoms with Gasteiger partial charge in [0.25, 0.3) is 5.91 Å². The Labute approximate surface area is 135 Å². The van der Waals surface area contributed by atoms with Crippen molar-refractivity contribution in [1.82, 2.24) is 0 Å². The first kappa shape index (κ1) is 15.1. The van der Waals surface area contributed by atoms with Crippen molar-refractivity contribution < 1.29 is 9.21 Å². The fourth-order valence-corrected chi connectivity index (χ4v) is 2.49. The fourth-order valence-electron chi connectivity index (χ4n) is 2.49. The Morgan fingerprint density at radius 2 is 2.00 bits per heavy atom. The van der Waals surface area contributed by atoms with Gasteiger partial charge < -0.3 is 9.73 Å². The van der Waals surface area contributed by atoms with Crippen molar-refractivity contribution in [2.75, 3.05) is 5.32 Å². The molecule has 1 fully saturated rings. The van der Waals surface area contributed by atoms with E-state index in [4.69, 9.17) is 4.42 Å². The van der Waals surface area contributed by atoms with Gasteiger partial charge in [0.1, 0.15) is 23.2 Å². The molecule has 1 saturated carbocycles. The van der Waals surface area contributed by atoms with Crippen LogP contribution < -0.4 is 5.32 Å². The van der Waals surface area contributed by atoms with Gasteiger partial charge in [0.15, 0.2) is 0 Å². The molecule has 0 radical (unpaired) electrons. The summed E-state index contributed by atoms with van der Waals surface area (Å²) < 4.78 is 5.72. The molecule has 0 bridgehead atoms. The molecule has 3 rings (SSSR count). The molecule has 2 atom stereocenters. The molecule has 2 aromatic rings. The van der Waals surface area contributed by atoms with Crippen LogP contribution in [0.25, 0.3) is 6.08 Å². The number of nitrogens with zero attached hydrogens (tertiary/aromatic N) is 1. The molecule has 23 heavy (non-hydrogen) atoms. The topological polar surface area (TPSA) is 66.0 Å². The molecular weight excluding hydrogens is 288 g/mol. The van der Waals surface area contributed by atoms with E-state index in [-0.39, 0.29) is 5.57 Å². The van der Waals surface area contributed by atoms with E-state index in [1.54, 1.807) is 6.07 Å². The summed E-state index contributed by atoms with van der Waals surface area (Å²) in [5.74, 6) is 2.16. The number of rotatable bonds is 4. The molecule has 1 aromatic heterocycles. The predicted molar refractivity (Wildman–Crippen MR) is 88.6 cm³/mol. The van der Waals surface area contributed by atoms with Gasteiger partial charge in [0.2, 0.25) is 0 Å². The van der Waals surface area contributed by atoms with E-state index in [0.29, 0.717) is 23.3 Å². The van der Waals surface area contributed by atoms with Crippen molar-refractivity contribution in [3.8, 4) is 6.07 Å². The van der Waals surface area contributed by atoms with Crippen LogP contribution in [0.5, 0.6) is 0 Å². The van der Waals surface area contributed by atoms with Gasteiger partial charge in [-0.1, -0.05) is 24.6 Å². The van der Waals surface area contributed by atoms with Crippen LogP contribution in [0.1, 0.15) is 36.3 Å². The van der Waals surface area contributed by atoms with E-state index in [1.807, 2.05) is 43.3 Å². The summed E-state index contributed by atoms with van der Waals surface area (Å²) in [4.78, 5) is 12.2. The number of benzene rings is 1. The third kappa shape index (κ3) is 3.51. The zero-order chi connectivity index (χ0) is 16.4. The van der Waals surface area contributed by atoms with Crippen molar-refractivity contribution in [2.24, 2.45) is 5.92 Å². The van der Waals surface area contributed by atoms with Crippen LogP contribution in [0, 0.1) is 24.2 Å². The number of aryl methyl sites for hydroxylation is 1. The maximum absolute atomic E-state index is 12.2. The quantitative estimate of drug-likeness (QED) is 0.678. The molecule has 1 amide bonds. The molecule has 116 valence electrons. The number of anilines is 1. The highest BCUT2D eigenvalue weighted by atomic mass is 16.3. The van der Waals surface area contributed by atoms with Crippen LogP contribution in [0.3, 0.4) is 0 Å². The van der Waals surface area contributed by atoms with Gasteiger partial charge in [-0.2, -0.15) is 5.26 Å². The SMILES string of the molecule is Cc1ccc(NC(=O)/C(C#N)=C/c2ccc([C@@H]3C[C@@H]3C)o2)cc1. The number of hydrogen-bond acceptors (Lipinski definition) is 3. The number of nitriles is 1. The Kier molecular flexibility index (Phi) is 4.03. The van der Waals surface area contributed by atoms with Crippen LogP contribution in [0.15, 0.2) is 46.4 Å². The summed E-state index contributed by atoms with van der Waals surface area (Å²) >= 11 is 0. The van der Waals surface area contributed by atoms with Crippen LogP contribution in [-0.4, -0.2) is 5.91 Å². The second-order valence-electron chi connectivity index (χ2n) is 6.05. The lowest BCUT2D eigenvalue weighted by Gasteiger charge is -2.04. The molecule has 1 heterocycles. The molecule has 1 aromatic carbocycles. The van der Waals surface area contributed by atoms with Crippen molar-refractivity contribution >= 4 is 17.7 Å². The van der Waals surface area contributed by atoms with Gasteiger partial charge in [-0.3, -0.25) is 4.79 Å². The van der Waals surface area contributed by atoms with E-state index in [9.17, 15) is 10.1 Å². The van der Waals surface area contributed by atoms with Crippen molar-refractivity contribution in [3.05, 3.63) is 59.1 Å². The average molecular weight is 306 g/mol. The third-order valence-electron chi connectivity index (χ3n) is 4.08. The highest BCUT2D eigenvalue weighted by Crippen LogP contribution is 2.47. The summed E-state index contributed by atoms with van der Waals surface area (Å²) in [6.45, 7) is 4.15. The molecule has 0 unspecified atom stereocenters. The van der Waals surface area contributed by atoms with Crippen molar-refractivity contribution in [1.29, 1.82) is 5.26 Å². The minimum Gasteiger partial charge on any atom is -0.461 e. The van der Waals surface area contributed by atoms with E-state index in [1.165, 1.54) is 6.08 Å². The lowest BCUT2D eigenvalue weighted by atomic mass is 10.2. The maximum atomic E-state index is 12.2. The smallest absolute Gasteiger partial charge is 0.266 e. The molecule has 0 spiro atoms. The number of nitrogens with one attached hydrogen (secondary N) is 1. The van der Waals surface area contributed by atoms with E-state index >= 15 is 0 Å². The highest BCUT2D eigenvalue weighted by Gasteiger charge is 2.36. The van der Waals surface area contributed by atoms with Gasteiger partial charge in [0, 0.05) is 17.7 Å². The average Bonchev–Trinajstić information content (AvgIpc) is 3.09. The summed E-state index contributed by atoms with van der Waals surface area (Å²) in [5.41, 5.74) is 1.79.